The molecule has 8 heteroatoms. The molecular weight excluding hydrogens is 424 g/mol. The van der Waals surface area contributed by atoms with Crippen LogP contribution < -0.4 is 14.8 Å². The Labute approximate surface area is 180 Å². The van der Waals surface area contributed by atoms with Gasteiger partial charge in [0.15, 0.2) is 0 Å². The summed E-state index contributed by atoms with van der Waals surface area (Å²) in [5.41, 5.74) is 1.90. The number of halogens is 1. The van der Waals surface area contributed by atoms with Gasteiger partial charge in [-0.05, 0) is 41.5 Å². The molecule has 0 bridgehead atoms. The van der Waals surface area contributed by atoms with Gasteiger partial charge in [0.2, 0.25) is 10.0 Å². The van der Waals surface area contributed by atoms with E-state index in [0.717, 1.165) is 16.9 Å². The summed E-state index contributed by atoms with van der Waals surface area (Å²) < 4.78 is 33.0. The number of nitrogens with one attached hydrogen (secondary N) is 2. The van der Waals surface area contributed by atoms with Crippen LogP contribution in [0.1, 0.15) is 21.5 Å². The molecule has 156 valence electrons. The second-order valence-electron chi connectivity index (χ2n) is 6.49. The molecule has 1 amide bonds. The molecular formula is C22H21ClN2O4S. The van der Waals surface area contributed by atoms with Crippen molar-refractivity contribution < 1.29 is 17.9 Å². The van der Waals surface area contributed by atoms with Crippen LogP contribution in [0.3, 0.4) is 0 Å². The molecule has 0 aliphatic rings. The first kappa shape index (κ1) is 21.8. The number of methoxy groups -OCH3 is 1. The Morgan fingerprint density at radius 3 is 2.27 bits per heavy atom. The van der Waals surface area contributed by atoms with E-state index in [-0.39, 0.29) is 22.0 Å². The fraction of sp³-hybridized carbons (Fsp3) is 0.136. The number of carbonyl (C=O) groups is 1. The van der Waals surface area contributed by atoms with Crippen LogP contribution in [-0.2, 0) is 23.1 Å². The number of carbonyl (C=O) groups excluding carboxylic acids is 1. The SMILES string of the molecule is COc1ccc(CNC(=O)c2ccc(Cl)c(S(=O)(=O)NCc3ccccc3)c2)cc1. The summed E-state index contributed by atoms with van der Waals surface area (Å²) in [5, 5.41) is 2.81. The van der Waals surface area contributed by atoms with E-state index in [0.29, 0.717) is 6.54 Å². The zero-order valence-corrected chi connectivity index (χ0v) is 17.8. The van der Waals surface area contributed by atoms with Gasteiger partial charge in [-0.2, -0.15) is 0 Å². The van der Waals surface area contributed by atoms with E-state index in [9.17, 15) is 13.2 Å². The van der Waals surface area contributed by atoms with Crippen LogP contribution >= 0.6 is 11.6 Å². The highest BCUT2D eigenvalue weighted by molar-refractivity contribution is 7.89. The maximum Gasteiger partial charge on any atom is 0.251 e. The Kier molecular flexibility index (Phi) is 7.10. The number of rotatable bonds is 8. The summed E-state index contributed by atoms with van der Waals surface area (Å²) in [6.45, 7) is 0.410. The predicted octanol–water partition coefficient (Wildman–Crippen LogP) is 3.76. The van der Waals surface area contributed by atoms with Crippen LogP contribution in [0.2, 0.25) is 5.02 Å². The number of amides is 1. The molecule has 0 spiro atoms. The Balaban J connectivity index is 1.70. The van der Waals surface area contributed by atoms with E-state index in [4.69, 9.17) is 16.3 Å². The van der Waals surface area contributed by atoms with Crippen LogP contribution in [0, 0.1) is 0 Å². The fourth-order valence-electron chi connectivity index (χ4n) is 2.73. The quantitative estimate of drug-likeness (QED) is 0.554. The molecule has 0 saturated carbocycles. The van der Waals surface area contributed by atoms with Gasteiger partial charge in [0, 0.05) is 18.7 Å². The predicted molar refractivity (Wildman–Crippen MR) is 116 cm³/mol. The highest BCUT2D eigenvalue weighted by Crippen LogP contribution is 2.23. The minimum absolute atomic E-state index is 0.0438. The lowest BCUT2D eigenvalue weighted by Crippen LogP contribution is -2.25. The van der Waals surface area contributed by atoms with Crippen LogP contribution in [0.15, 0.2) is 77.7 Å². The van der Waals surface area contributed by atoms with Crippen molar-refractivity contribution in [1.29, 1.82) is 0 Å². The van der Waals surface area contributed by atoms with Gasteiger partial charge >= 0.3 is 0 Å². The highest BCUT2D eigenvalue weighted by atomic mass is 35.5. The van der Waals surface area contributed by atoms with Gasteiger partial charge in [0.1, 0.15) is 10.6 Å². The average molecular weight is 445 g/mol. The summed E-state index contributed by atoms with van der Waals surface area (Å²) in [7, 11) is -2.31. The van der Waals surface area contributed by atoms with Crippen molar-refractivity contribution in [3.05, 3.63) is 94.5 Å². The maximum absolute atomic E-state index is 12.7. The van der Waals surface area contributed by atoms with Crippen LogP contribution in [0.4, 0.5) is 0 Å². The van der Waals surface area contributed by atoms with Gasteiger partial charge in [-0.1, -0.05) is 54.1 Å². The molecule has 0 saturated heterocycles. The molecule has 0 atom stereocenters. The van der Waals surface area contributed by atoms with Crippen molar-refractivity contribution >= 4 is 27.5 Å². The second kappa shape index (κ2) is 9.75. The number of benzene rings is 3. The summed E-state index contributed by atoms with van der Waals surface area (Å²) in [6, 6.07) is 20.6. The minimum Gasteiger partial charge on any atom is -0.497 e. The number of hydrogen-bond donors (Lipinski definition) is 2. The van der Waals surface area contributed by atoms with Gasteiger partial charge < -0.3 is 10.1 Å². The molecule has 0 heterocycles. The molecule has 0 aromatic heterocycles. The van der Waals surface area contributed by atoms with Gasteiger partial charge in [0.05, 0.1) is 12.1 Å². The molecule has 6 nitrogen and oxygen atoms in total. The van der Waals surface area contributed by atoms with Crippen molar-refractivity contribution in [2.45, 2.75) is 18.0 Å². The monoisotopic (exact) mass is 444 g/mol. The first-order valence-corrected chi connectivity index (χ1v) is 11.0. The van der Waals surface area contributed by atoms with Crippen LogP contribution in [0.25, 0.3) is 0 Å². The number of hydrogen-bond acceptors (Lipinski definition) is 4. The first-order chi connectivity index (χ1) is 14.4. The van der Waals surface area contributed by atoms with E-state index in [1.54, 1.807) is 19.2 Å². The molecule has 30 heavy (non-hydrogen) atoms. The zero-order valence-electron chi connectivity index (χ0n) is 16.3. The molecule has 2 N–H and O–H groups in total. The third-order valence-corrected chi connectivity index (χ3v) is 6.29. The molecule has 0 fully saturated rings. The Bertz CT molecular complexity index is 1120. The van der Waals surface area contributed by atoms with E-state index in [2.05, 4.69) is 10.0 Å². The summed E-state index contributed by atoms with van der Waals surface area (Å²) in [5.74, 6) is 0.322. The van der Waals surface area contributed by atoms with Crippen molar-refractivity contribution in [3.8, 4) is 5.75 Å². The Morgan fingerprint density at radius 1 is 0.933 bits per heavy atom. The van der Waals surface area contributed by atoms with E-state index in [1.807, 2.05) is 42.5 Å². The van der Waals surface area contributed by atoms with E-state index < -0.39 is 15.9 Å². The normalized spacial score (nSPS) is 11.1. The summed E-state index contributed by atoms with van der Waals surface area (Å²) >= 11 is 6.11. The Hall–Kier alpha value is -2.87. The van der Waals surface area contributed by atoms with Gasteiger partial charge in [-0.15, -0.1) is 0 Å². The minimum atomic E-state index is -3.90. The van der Waals surface area contributed by atoms with Gasteiger partial charge in [-0.25, -0.2) is 13.1 Å². The van der Waals surface area contributed by atoms with Crippen molar-refractivity contribution in [1.82, 2.24) is 10.0 Å². The Morgan fingerprint density at radius 2 is 1.60 bits per heavy atom. The van der Waals surface area contributed by atoms with Gasteiger partial charge in [0.25, 0.3) is 5.91 Å². The average Bonchev–Trinajstić information content (AvgIpc) is 2.77. The fourth-order valence-corrected chi connectivity index (χ4v) is 4.27. The lowest BCUT2D eigenvalue weighted by molar-refractivity contribution is 0.0950. The molecule has 0 unspecified atom stereocenters. The maximum atomic E-state index is 12.7. The molecule has 0 radical (unpaired) electrons. The third kappa shape index (κ3) is 5.60. The molecule has 3 aromatic carbocycles. The second-order valence-corrected chi connectivity index (χ2v) is 8.63. The molecule has 0 aliphatic heterocycles. The smallest absolute Gasteiger partial charge is 0.251 e. The van der Waals surface area contributed by atoms with E-state index in [1.165, 1.54) is 18.2 Å². The number of ether oxygens (including phenoxy) is 1. The summed E-state index contributed by atoms with van der Waals surface area (Å²) in [6.07, 6.45) is 0. The highest BCUT2D eigenvalue weighted by Gasteiger charge is 2.20. The number of sulfonamides is 1. The molecule has 3 rings (SSSR count). The lowest BCUT2D eigenvalue weighted by Gasteiger charge is -2.11. The summed E-state index contributed by atoms with van der Waals surface area (Å²) in [4.78, 5) is 12.4. The molecule has 3 aromatic rings. The van der Waals surface area contributed by atoms with E-state index >= 15 is 0 Å². The topological polar surface area (TPSA) is 84.5 Å². The first-order valence-electron chi connectivity index (χ1n) is 9.13. The van der Waals surface area contributed by atoms with Crippen molar-refractivity contribution in [3.63, 3.8) is 0 Å². The van der Waals surface area contributed by atoms with Crippen LogP contribution in [0.5, 0.6) is 5.75 Å². The lowest BCUT2D eigenvalue weighted by atomic mass is 10.2. The van der Waals surface area contributed by atoms with Crippen molar-refractivity contribution in [2.75, 3.05) is 7.11 Å². The van der Waals surface area contributed by atoms with Crippen LogP contribution in [-0.4, -0.2) is 21.4 Å². The molecule has 0 aliphatic carbocycles. The largest absolute Gasteiger partial charge is 0.497 e. The zero-order chi connectivity index (χ0) is 21.6. The van der Waals surface area contributed by atoms with Crippen molar-refractivity contribution in [2.24, 2.45) is 0 Å². The third-order valence-electron chi connectivity index (χ3n) is 4.40. The standard InChI is InChI=1S/C22H21ClN2O4S/c1-29-19-10-7-17(8-11-19)14-24-22(26)18-9-12-20(23)21(13-18)30(27,28)25-15-16-5-3-2-4-6-16/h2-13,25H,14-15H2,1H3,(H,24,26). The van der Waals surface area contributed by atoms with Gasteiger partial charge in [-0.3, -0.25) is 4.79 Å².